The Morgan fingerprint density at radius 2 is 2.00 bits per heavy atom. The number of aromatic nitrogens is 2. The van der Waals surface area contributed by atoms with Crippen LogP contribution in [0.3, 0.4) is 0 Å². The predicted octanol–water partition coefficient (Wildman–Crippen LogP) is 2.71. The molecule has 29 heavy (non-hydrogen) atoms. The van der Waals surface area contributed by atoms with Gasteiger partial charge < -0.3 is 19.1 Å². The lowest BCUT2D eigenvalue weighted by Gasteiger charge is -2.30. The van der Waals surface area contributed by atoms with Gasteiger partial charge in [-0.15, -0.1) is 0 Å². The fourth-order valence-electron chi connectivity index (χ4n) is 4.31. The molecule has 1 aliphatic heterocycles. The van der Waals surface area contributed by atoms with Gasteiger partial charge in [0.05, 0.1) is 18.7 Å². The Kier molecular flexibility index (Phi) is 7.64. The van der Waals surface area contributed by atoms with Crippen LogP contribution in [-0.2, 0) is 27.3 Å². The molecule has 2 amide bonds. The summed E-state index contributed by atoms with van der Waals surface area (Å²) in [6.07, 6.45) is 7.65. The number of amides is 2. The molecule has 0 radical (unpaired) electrons. The summed E-state index contributed by atoms with van der Waals surface area (Å²) in [5.41, 5.74) is 0. The number of nitrogens with zero attached hydrogens (tertiary/aromatic N) is 4. The SMILES string of the molecule is CCc1nc(CN(C(C)=O)[C@H]2CCN(C(=O)[C@@H](CC)OC3CCCCC3)C2)no1. The average molecular weight is 407 g/mol. The first-order chi connectivity index (χ1) is 14.0. The summed E-state index contributed by atoms with van der Waals surface area (Å²) in [6, 6.07) is -0.0350. The zero-order chi connectivity index (χ0) is 20.8. The summed E-state index contributed by atoms with van der Waals surface area (Å²) < 4.78 is 11.3. The highest BCUT2D eigenvalue weighted by Gasteiger charge is 2.35. The number of carbonyl (C=O) groups is 2. The number of hydrogen-bond acceptors (Lipinski definition) is 6. The van der Waals surface area contributed by atoms with E-state index in [4.69, 9.17) is 9.26 Å². The van der Waals surface area contributed by atoms with E-state index < -0.39 is 0 Å². The van der Waals surface area contributed by atoms with Crippen LogP contribution in [-0.4, -0.2) is 63.1 Å². The van der Waals surface area contributed by atoms with Crippen LogP contribution in [0, 0.1) is 0 Å². The molecule has 8 nitrogen and oxygen atoms in total. The van der Waals surface area contributed by atoms with Crippen LogP contribution in [0.2, 0.25) is 0 Å². The molecule has 2 fully saturated rings. The van der Waals surface area contributed by atoms with E-state index in [-0.39, 0.29) is 30.1 Å². The largest absolute Gasteiger partial charge is 0.365 e. The van der Waals surface area contributed by atoms with Crippen LogP contribution in [0.5, 0.6) is 0 Å². The minimum Gasteiger partial charge on any atom is -0.365 e. The zero-order valence-electron chi connectivity index (χ0n) is 17.9. The van der Waals surface area contributed by atoms with Crippen LogP contribution in [0.15, 0.2) is 4.52 Å². The normalized spacial score (nSPS) is 21.3. The summed E-state index contributed by atoms with van der Waals surface area (Å²) in [5.74, 6) is 1.08. The van der Waals surface area contributed by atoms with E-state index in [0.717, 1.165) is 19.3 Å². The lowest BCUT2D eigenvalue weighted by Crippen LogP contribution is -2.44. The maximum absolute atomic E-state index is 13.0. The summed E-state index contributed by atoms with van der Waals surface area (Å²) in [4.78, 5) is 33.2. The van der Waals surface area contributed by atoms with Gasteiger partial charge in [-0.1, -0.05) is 38.3 Å². The average Bonchev–Trinajstić information content (AvgIpc) is 3.39. The van der Waals surface area contributed by atoms with Gasteiger partial charge in [0.2, 0.25) is 11.8 Å². The predicted molar refractivity (Wildman–Crippen MR) is 107 cm³/mol. The highest BCUT2D eigenvalue weighted by molar-refractivity contribution is 5.81. The molecule has 3 rings (SSSR count). The van der Waals surface area contributed by atoms with Crippen molar-refractivity contribution in [2.75, 3.05) is 13.1 Å². The first-order valence-corrected chi connectivity index (χ1v) is 11.0. The zero-order valence-corrected chi connectivity index (χ0v) is 17.9. The Balaban J connectivity index is 1.58. The standard InChI is InChI=1S/C21H34N4O4/c1-4-18(28-17-9-7-6-8-10-17)21(27)24-12-11-16(13-24)25(15(3)26)14-19-22-20(5-2)29-23-19/h16-18H,4-14H2,1-3H3/t16-,18+/m0/s1. The quantitative estimate of drug-likeness (QED) is 0.659. The van der Waals surface area contributed by atoms with Crippen LogP contribution in [0.1, 0.15) is 77.4 Å². The fourth-order valence-corrected chi connectivity index (χ4v) is 4.31. The van der Waals surface area contributed by atoms with Gasteiger partial charge in [-0.3, -0.25) is 9.59 Å². The van der Waals surface area contributed by atoms with Crippen molar-refractivity contribution in [2.45, 2.75) is 96.9 Å². The van der Waals surface area contributed by atoms with Crippen molar-refractivity contribution in [1.29, 1.82) is 0 Å². The van der Waals surface area contributed by atoms with E-state index in [1.54, 1.807) is 11.8 Å². The van der Waals surface area contributed by atoms with Crippen LogP contribution < -0.4 is 0 Å². The molecular weight excluding hydrogens is 372 g/mol. The summed E-state index contributed by atoms with van der Waals surface area (Å²) in [7, 11) is 0. The van der Waals surface area contributed by atoms with E-state index in [1.807, 2.05) is 18.7 Å². The lowest BCUT2D eigenvalue weighted by atomic mass is 9.97. The fraction of sp³-hybridized carbons (Fsp3) is 0.810. The van der Waals surface area contributed by atoms with Gasteiger partial charge in [-0.05, 0) is 25.7 Å². The second-order valence-corrected chi connectivity index (χ2v) is 8.12. The summed E-state index contributed by atoms with van der Waals surface area (Å²) in [5, 5.41) is 3.96. The summed E-state index contributed by atoms with van der Waals surface area (Å²) in [6.45, 7) is 6.97. The number of ether oxygens (including phenoxy) is 1. The maximum Gasteiger partial charge on any atom is 0.251 e. The molecule has 0 bridgehead atoms. The molecule has 1 aromatic heterocycles. The van der Waals surface area contributed by atoms with Crippen molar-refractivity contribution in [3.05, 3.63) is 11.7 Å². The van der Waals surface area contributed by atoms with Crippen molar-refractivity contribution >= 4 is 11.8 Å². The third kappa shape index (κ3) is 5.56. The minimum absolute atomic E-state index is 0.0350. The molecule has 1 aliphatic carbocycles. The van der Waals surface area contributed by atoms with Gasteiger partial charge >= 0.3 is 0 Å². The molecule has 0 N–H and O–H groups in total. The third-order valence-corrected chi connectivity index (χ3v) is 6.00. The molecule has 2 heterocycles. The van der Waals surface area contributed by atoms with E-state index >= 15 is 0 Å². The molecule has 1 saturated carbocycles. The molecular formula is C21H34N4O4. The van der Waals surface area contributed by atoms with Crippen molar-refractivity contribution in [1.82, 2.24) is 19.9 Å². The molecule has 1 aromatic rings. The van der Waals surface area contributed by atoms with E-state index in [1.165, 1.54) is 19.3 Å². The molecule has 1 saturated heterocycles. The Morgan fingerprint density at radius 1 is 1.24 bits per heavy atom. The van der Waals surface area contributed by atoms with Gasteiger partial charge in [-0.2, -0.15) is 4.98 Å². The number of rotatable bonds is 8. The van der Waals surface area contributed by atoms with E-state index in [9.17, 15) is 9.59 Å². The Labute approximate surface area is 172 Å². The lowest BCUT2D eigenvalue weighted by molar-refractivity contribution is -0.148. The number of aryl methyl sites for hydroxylation is 1. The third-order valence-electron chi connectivity index (χ3n) is 6.00. The Morgan fingerprint density at radius 3 is 2.62 bits per heavy atom. The molecule has 8 heteroatoms. The van der Waals surface area contributed by atoms with Gasteiger partial charge in [0.15, 0.2) is 5.82 Å². The van der Waals surface area contributed by atoms with Crippen LogP contribution >= 0.6 is 0 Å². The summed E-state index contributed by atoms with van der Waals surface area (Å²) >= 11 is 0. The van der Waals surface area contributed by atoms with Crippen LogP contribution in [0.4, 0.5) is 0 Å². The number of carbonyl (C=O) groups excluding carboxylic acids is 2. The molecule has 162 valence electrons. The Bertz CT molecular complexity index is 686. The molecule has 0 aromatic carbocycles. The van der Waals surface area contributed by atoms with Crippen molar-refractivity contribution < 1.29 is 18.8 Å². The number of hydrogen-bond donors (Lipinski definition) is 0. The second-order valence-electron chi connectivity index (χ2n) is 8.12. The molecule has 2 atom stereocenters. The van der Waals surface area contributed by atoms with Gasteiger partial charge in [0.25, 0.3) is 5.91 Å². The minimum atomic E-state index is -0.382. The molecule has 0 spiro atoms. The highest BCUT2D eigenvalue weighted by Crippen LogP contribution is 2.24. The van der Waals surface area contributed by atoms with Gasteiger partial charge in [-0.25, -0.2) is 0 Å². The molecule has 0 unspecified atom stereocenters. The smallest absolute Gasteiger partial charge is 0.251 e. The maximum atomic E-state index is 13.0. The van der Waals surface area contributed by atoms with Gasteiger partial charge in [0.1, 0.15) is 6.10 Å². The topological polar surface area (TPSA) is 88.8 Å². The van der Waals surface area contributed by atoms with Crippen molar-refractivity contribution in [3.8, 4) is 0 Å². The van der Waals surface area contributed by atoms with Crippen molar-refractivity contribution in [3.63, 3.8) is 0 Å². The number of likely N-dealkylation sites (tertiary alicyclic amines) is 1. The van der Waals surface area contributed by atoms with E-state index in [2.05, 4.69) is 10.1 Å². The monoisotopic (exact) mass is 406 g/mol. The highest BCUT2D eigenvalue weighted by atomic mass is 16.5. The van der Waals surface area contributed by atoms with Crippen LogP contribution in [0.25, 0.3) is 0 Å². The van der Waals surface area contributed by atoms with Crippen molar-refractivity contribution in [2.24, 2.45) is 0 Å². The van der Waals surface area contributed by atoms with E-state index in [0.29, 0.717) is 44.2 Å². The molecule has 2 aliphatic rings. The first kappa shape index (κ1) is 21.7. The van der Waals surface area contributed by atoms with Gasteiger partial charge in [0, 0.05) is 26.4 Å². The second kappa shape index (κ2) is 10.2. The Hall–Kier alpha value is -1.96. The first-order valence-electron chi connectivity index (χ1n) is 11.0.